The van der Waals surface area contributed by atoms with Crippen molar-refractivity contribution in [3.05, 3.63) is 30.3 Å². The van der Waals surface area contributed by atoms with Gasteiger partial charge in [-0.3, -0.25) is 4.79 Å². The Labute approximate surface area is 89.2 Å². The van der Waals surface area contributed by atoms with Gasteiger partial charge in [0.1, 0.15) is 11.5 Å². The number of ether oxygens (including phenoxy) is 1. The fraction of sp³-hybridized carbons (Fsp3) is 0.462. The minimum absolute atomic E-state index is 0.341. The van der Waals surface area contributed by atoms with Crippen molar-refractivity contribution in [2.45, 2.75) is 12.8 Å². The van der Waals surface area contributed by atoms with E-state index in [1.165, 1.54) is 0 Å². The summed E-state index contributed by atoms with van der Waals surface area (Å²) in [5.41, 5.74) is 0. The molecule has 0 N–H and O–H groups in total. The van der Waals surface area contributed by atoms with Crippen LogP contribution in [0.2, 0.25) is 0 Å². The largest absolute Gasteiger partial charge is 0.493 e. The topological polar surface area (TPSA) is 26.3 Å². The van der Waals surface area contributed by atoms with Gasteiger partial charge in [-0.1, -0.05) is 18.2 Å². The highest BCUT2D eigenvalue weighted by Gasteiger charge is 2.58. The fourth-order valence-electron chi connectivity index (χ4n) is 2.73. The van der Waals surface area contributed by atoms with Crippen molar-refractivity contribution in [2.24, 2.45) is 17.8 Å². The molecule has 1 aromatic rings. The van der Waals surface area contributed by atoms with E-state index in [1.54, 1.807) is 0 Å². The Morgan fingerprint density at radius 1 is 1.27 bits per heavy atom. The second-order valence-corrected chi connectivity index (χ2v) is 4.48. The Morgan fingerprint density at radius 2 is 2.07 bits per heavy atom. The second-order valence-electron chi connectivity index (χ2n) is 4.48. The molecule has 2 heteroatoms. The van der Waals surface area contributed by atoms with Gasteiger partial charge >= 0.3 is 0 Å². The van der Waals surface area contributed by atoms with Gasteiger partial charge in [-0.2, -0.15) is 0 Å². The van der Waals surface area contributed by atoms with Gasteiger partial charge in [0.15, 0.2) is 0 Å². The Balaban J connectivity index is 1.55. The van der Waals surface area contributed by atoms with E-state index in [0.717, 1.165) is 18.6 Å². The fourth-order valence-corrected chi connectivity index (χ4v) is 2.73. The van der Waals surface area contributed by atoms with E-state index in [1.807, 2.05) is 30.3 Å². The molecule has 0 bridgehead atoms. The number of benzene rings is 1. The van der Waals surface area contributed by atoms with E-state index in [9.17, 15) is 4.79 Å². The Bertz CT molecular complexity index is 371. The third kappa shape index (κ3) is 1.54. The van der Waals surface area contributed by atoms with Gasteiger partial charge in [0.2, 0.25) is 0 Å². The number of hydrogen-bond donors (Lipinski definition) is 0. The van der Waals surface area contributed by atoms with E-state index < -0.39 is 0 Å². The molecule has 2 aliphatic carbocycles. The highest BCUT2D eigenvalue weighted by Crippen LogP contribution is 2.55. The van der Waals surface area contributed by atoms with Crippen LogP contribution in [0.3, 0.4) is 0 Å². The predicted octanol–water partition coefficient (Wildman–Crippen LogP) is 2.29. The van der Waals surface area contributed by atoms with Crippen molar-refractivity contribution in [3.63, 3.8) is 0 Å². The van der Waals surface area contributed by atoms with Gasteiger partial charge in [-0.25, -0.2) is 0 Å². The molecule has 3 rings (SSSR count). The first-order chi connectivity index (χ1) is 7.36. The van der Waals surface area contributed by atoms with Crippen molar-refractivity contribution in [1.29, 1.82) is 0 Å². The summed E-state index contributed by atoms with van der Waals surface area (Å²) in [5, 5.41) is 0. The van der Waals surface area contributed by atoms with Gasteiger partial charge in [0.05, 0.1) is 6.61 Å². The summed E-state index contributed by atoms with van der Waals surface area (Å²) in [6.45, 7) is 0.713. The lowest BCUT2D eigenvalue weighted by atomic mass is 10.1. The average molecular weight is 202 g/mol. The predicted molar refractivity (Wildman–Crippen MR) is 56.6 cm³/mol. The highest BCUT2D eigenvalue weighted by atomic mass is 16.5. The number of fused-ring (bicyclic) bond motifs is 1. The summed E-state index contributed by atoms with van der Waals surface area (Å²) < 4.78 is 5.66. The van der Waals surface area contributed by atoms with Crippen LogP contribution in [0.1, 0.15) is 12.8 Å². The Kier molecular flexibility index (Phi) is 2.01. The van der Waals surface area contributed by atoms with Crippen molar-refractivity contribution in [1.82, 2.24) is 0 Å². The van der Waals surface area contributed by atoms with Crippen LogP contribution in [-0.4, -0.2) is 12.4 Å². The molecule has 2 fully saturated rings. The summed E-state index contributed by atoms with van der Waals surface area (Å²) in [5.74, 6) is 2.86. The summed E-state index contributed by atoms with van der Waals surface area (Å²) >= 11 is 0. The van der Waals surface area contributed by atoms with Gasteiger partial charge < -0.3 is 4.74 Å². The molecule has 0 spiro atoms. The van der Waals surface area contributed by atoms with Crippen LogP contribution >= 0.6 is 0 Å². The monoisotopic (exact) mass is 202 g/mol. The first-order valence-corrected chi connectivity index (χ1v) is 5.57. The molecule has 0 amide bonds. The van der Waals surface area contributed by atoms with Crippen LogP contribution in [0.5, 0.6) is 5.75 Å². The normalized spacial score (nSPS) is 32.5. The third-order valence-electron chi connectivity index (χ3n) is 3.61. The molecule has 0 aromatic heterocycles. The van der Waals surface area contributed by atoms with E-state index in [-0.39, 0.29) is 0 Å². The number of carbonyl (C=O) groups is 1. The summed E-state index contributed by atoms with van der Waals surface area (Å²) in [6, 6.07) is 9.82. The molecule has 0 heterocycles. The van der Waals surface area contributed by atoms with Crippen molar-refractivity contribution >= 4 is 5.78 Å². The van der Waals surface area contributed by atoms with Crippen LogP contribution in [0, 0.1) is 17.8 Å². The molecular formula is C13H14O2. The van der Waals surface area contributed by atoms with Gasteiger partial charge in [0.25, 0.3) is 0 Å². The van der Waals surface area contributed by atoms with Crippen molar-refractivity contribution < 1.29 is 9.53 Å². The third-order valence-corrected chi connectivity index (χ3v) is 3.61. The molecular weight excluding hydrogens is 188 g/mol. The first-order valence-electron chi connectivity index (χ1n) is 5.57. The molecule has 2 nitrogen and oxygen atoms in total. The maximum absolute atomic E-state index is 11.4. The Hall–Kier alpha value is -1.31. The van der Waals surface area contributed by atoms with E-state index in [2.05, 4.69) is 0 Å². The summed E-state index contributed by atoms with van der Waals surface area (Å²) in [4.78, 5) is 11.4. The number of Topliss-reactive ketones (excluding diaryl/α,β-unsaturated/α-hetero) is 1. The van der Waals surface area contributed by atoms with Crippen LogP contribution in [0.25, 0.3) is 0 Å². The lowest BCUT2D eigenvalue weighted by Gasteiger charge is -2.06. The summed E-state index contributed by atoms with van der Waals surface area (Å²) in [7, 11) is 0. The standard InChI is InChI=1S/C13H14O2/c14-12-7-6-10-11(13(10)12)8-15-9-4-2-1-3-5-9/h1-5,10-11,13H,6-8H2/t10-,11?,13-/m0/s1. The summed E-state index contributed by atoms with van der Waals surface area (Å²) in [6.07, 6.45) is 1.89. The maximum Gasteiger partial charge on any atom is 0.136 e. The minimum Gasteiger partial charge on any atom is -0.493 e. The zero-order chi connectivity index (χ0) is 10.3. The molecule has 0 saturated heterocycles. The number of rotatable bonds is 3. The molecule has 1 aromatic carbocycles. The molecule has 15 heavy (non-hydrogen) atoms. The van der Waals surface area contributed by atoms with Crippen molar-refractivity contribution in [3.8, 4) is 5.75 Å². The molecule has 1 unspecified atom stereocenters. The van der Waals surface area contributed by atoms with Crippen molar-refractivity contribution in [2.75, 3.05) is 6.61 Å². The minimum atomic E-state index is 0.341. The highest BCUT2D eigenvalue weighted by molar-refractivity contribution is 5.87. The molecule has 78 valence electrons. The van der Waals surface area contributed by atoms with Crippen LogP contribution in [0.4, 0.5) is 0 Å². The zero-order valence-corrected chi connectivity index (χ0v) is 8.56. The van der Waals surface area contributed by atoms with Gasteiger partial charge in [0, 0.05) is 18.3 Å². The van der Waals surface area contributed by atoms with Gasteiger partial charge in [-0.05, 0) is 24.5 Å². The number of hydrogen-bond acceptors (Lipinski definition) is 2. The number of carbonyl (C=O) groups excluding carboxylic acids is 1. The number of ketones is 1. The van der Waals surface area contributed by atoms with Crippen LogP contribution < -0.4 is 4.74 Å². The zero-order valence-electron chi connectivity index (χ0n) is 8.56. The molecule has 0 radical (unpaired) electrons. The lowest BCUT2D eigenvalue weighted by molar-refractivity contribution is -0.119. The van der Waals surface area contributed by atoms with Gasteiger partial charge in [-0.15, -0.1) is 0 Å². The van der Waals surface area contributed by atoms with Crippen LogP contribution in [0.15, 0.2) is 30.3 Å². The SMILES string of the molecule is O=C1CC[C@H]2C(COc3ccccc3)[C@@H]12. The lowest BCUT2D eigenvalue weighted by Crippen LogP contribution is -2.07. The van der Waals surface area contributed by atoms with Crippen LogP contribution in [-0.2, 0) is 4.79 Å². The Morgan fingerprint density at radius 3 is 2.73 bits per heavy atom. The van der Waals surface area contributed by atoms with E-state index in [0.29, 0.717) is 30.1 Å². The quantitative estimate of drug-likeness (QED) is 0.751. The van der Waals surface area contributed by atoms with E-state index in [4.69, 9.17) is 4.74 Å². The average Bonchev–Trinajstić information content (AvgIpc) is 2.85. The number of para-hydroxylation sites is 1. The smallest absolute Gasteiger partial charge is 0.136 e. The van der Waals surface area contributed by atoms with E-state index >= 15 is 0 Å². The first kappa shape index (κ1) is 8.96. The molecule has 3 atom stereocenters. The maximum atomic E-state index is 11.4. The molecule has 0 aliphatic heterocycles. The second kappa shape index (κ2) is 3.37. The molecule has 2 aliphatic rings. The molecule has 2 saturated carbocycles.